The number of nitrogens with two attached hydrogens (primary N) is 1. The first-order valence-electron chi connectivity index (χ1n) is 5.58. The predicted molar refractivity (Wildman–Crippen MR) is 74.2 cm³/mol. The van der Waals surface area contributed by atoms with Gasteiger partial charge in [-0.1, -0.05) is 15.9 Å². The molecule has 0 saturated carbocycles. The smallest absolute Gasteiger partial charge is 0.251 e. The lowest BCUT2D eigenvalue weighted by molar-refractivity contribution is -0.119. The average molecular weight is 313 g/mol. The summed E-state index contributed by atoms with van der Waals surface area (Å²) in [6, 6.07) is 5.45. The Balaban J connectivity index is 2.85. The second kappa shape index (κ2) is 5.52. The lowest BCUT2D eigenvalue weighted by Gasteiger charge is -2.24. The maximum Gasteiger partial charge on any atom is 0.251 e. The molecule has 1 aromatic rings. The van der Waals surface area contributed by atoms with E-state index >= 15 is 0 Å². The van der Waals surface area contributed by atoms with E-state index in [1.165, 1.54) is 0 Å². The van der Waals surface area contributed by atoms with Crippen LogP contribution in [0.25, 0.3) is 0 Å². The van der Waals surface area contributed by atoms with Crippen molar-refractivity contribution in [1.82, 2.24) is 5.32 Å². The molecule has 18 heavy (non-hydrogen) atoms. The van der Waals surface area contributed by atoms with Gasteiger partial charge < -0.3 is 11.1 Å². The highest BCUT2D eigenvalue weighted by Gasteiger charge is 2.23. The first-order chi connectivity index (χ1) is 8.19. The van der Waals surface area contributed by atoms with E-state index in [0.717, 1.165) is 10.0 Å². The van der Waals surface area contributed by atoms with Crippen LogP contribution in [0.1, 0.15) is 36.2 Å². The molecule has 5 heteroatoms. The number of primary amides is 1. The molecule has 1 aromatic carbocycles. The number of aryl methyl sites for hydroxylation is 1. The van der Waals surface area contributed by atoms with Gasteiger partial charge in [0.2, 0.25) is 5.91 Å². The van der Waals surface area contributed by atoms with Gasteiger partial charge in [-0.15, -0.1) is 0 Å². The monoisotopic (exact) mass is 312 g/mol. The third kappa shape index (κ3) is 4.49. The zero-order chi connectivity index (χ0) is 13.9. The van der Waals surface area contributed by atoms with Crippen molar-refractivity contribution in [1.29, 1.82) is 0 Å². The molecule has 0 aliphatic rings. The fourth-order valence-electron chi connectivity index (χ4n) is 1.73. The van der Waals surface area contributed by atoms with Crippen molar-refractivity contribution >= 4 is 27.7 Å². The second-order valence-electron chi connectivity index (χ2n) is 5.00. The third-order valence-corrected chi connectivity index (χ3v) is 2.83. The summed E-state index contributed by atoms with van der Waals surface area (Å²) >= 11 is 3.35. The molecule has 0 fully saturated rings. The third-order valence-electron chi connectivity index (χ3n) is 2.37. The predicted octanol–water partition coefficient (Wildman–Crippen LogP) is 2.14. The van der Waals surface area contributed by atoms with Crippen LogP contribution in [-0.4, -0.2) is 17.4 Å². The first-order valence-corrected chi connectivity index (χ1v) is 6.37. The van der Waals surface area contributed by atoms with Crippen LogP contribution >= 0.6 is 15.9 Å². The molecule has 0 unspecified atom stereocenters. The zero-order valence-corrected chi connectivity index (χ0v) is 12.3. The lowest BCUT2D eigenvalue weighted by Crippen LogP contribution is -2.46. The molecule has 4 nitrogen and oxygen atoms in total. The number of hydrogen-bond donors (Lipinski definition) is 2. The largest absolute Gasteiger partial charge is 0.370 e. The summed E-state index contributed by atoms with van der Waals surface area (Å²) in [4.78, 5) is 23.0. The van der Waals surface area contributed by atoms with Gasteiger partial charge in [-0.25, -0.2) is 0 Å². The van der Waals surface area contributed by atoms with Crippen LogP contribution in [0.2, 0.25) is 0 Å². The van der Waals surface area contributed by atoms with Crippen molar-refractivity contribution in [3.63, 3.8) is 0 Å². The molecular formula is C13H17BrN2O2. The summed E-state index contributed by atoms with van der Waals surface area (Å²) in [6.07, 6.45) is 0.103. The standard InChI is InChI=1S/C13H17BrN2O2/c1-8-4-9(6-10(14)5-8)12(18)16-13(2,3)7-11(15)17/h4-6H,7H2,1-3H3,(H2,15,17)(H,16,18). The highest BCUT2D eigenvalue weighted by molar-refractivity contribution is 9.10. The van der Waals surface area contributed by atoms with E-state index < -0.39 is 11.4 Å². The Morgan fingerprint density at radius 3 is 2.44 bits per heavy atom. The highest BCUT2D eigenvalue weighted by Crippen LogP contribution is 2.16. The van der Waals surface area contributed by atoms with E-state index in [0.29, 0.717) is 5.56 Å². The number of nitrogens with one attached hydrogen (secondary N) is 1. The van der Waals surface area contributed by atoms with Crippen LogP contribution in [0, 0.1) is 6.92 Å². The van der Waals surface area contributed by atoms with Gasteiger partial charge in [0, 0.05) is 22.0 Å². The molecule has 0 aliphatic heterocycles. The number of hydrogen-bond acceptors (Lipinski definition) is 2. The lowest BCUT2D eigenvalue weighted by atomic mass is 9.99. The molecule has 0 atom stereocenters. The van der Waals surface area contributed by atoms with Crippen molar-refractivity contribution in [3.8, 4) is 0 Å². The zero-order valence-electron chi connectivity index (χ0n) is 10.7. The number of rotatable bonds is 4. The van der Waals surface area contributed by atoms with Crippen LogP contribution in [0.4, 0.5) is 0 Å². The van der Waals surface area contributed by atoms with Gasteiger partial charge in [0.1, 0.15) is 0 Å². The van der Waals surface area contributed by atoms with E-state index in [1.54, 1.807) is 26.0 Å². The molecule has 0 heterocycles. The van der Waals surface area contributed by atoms with Crippen molar-refractivity contribution in [3.05, 3.63) is 33.8 Å². The van der Waals surface area contributed by atoms with E-state index in [-0.39, 0.29) is 12.3 Å². The summed E-state index contributed by atoms with van der Waals surface area (Å²) < 4.78 is 0.848. The quantitative estimate of drug-likeness (QED) is 0.894. The molecule has 2 amide bonds. The van der Waals surface area contributed by atoms with Crippen LogP contribution in [0.5, 0.6) is 0 Å². The fourth-order valence-corrected chi connectivity index (χ4v) is 2.33. The van der Waals surface area contributed by atoms with Crippen molar-refractivity contribution in [2.75, 3.05) is 0 Å². The van der Waals surface area contributed by atoms with Gasteiger partial charge >= 0.3 is 0 Å². The normalized spacial score (nSPS) is 11.1. The van der Waals surface area contributed by atoms with Crippen molar-refractivity contribution < 1.29 is 9.59 Å². The number of halogens is 1. The van der Waals surface area contributed by atoms with Crippen LogP contribution in [-0.2, 0) is 4.79 Å². The van der Waals surface area contributed by atoms with Gasteiger partial charge in [0.05, 0.1) is 0 Å². The van der Waals surface area contributed by atoms with Crippen LogP contribution in [0.15, 0.2) is 22.7 Å². The number of carbonyl (C=O) groups is 2. The summed E-state index contributed by atoms with van der Waals surface area (Å²) in [6.45, 7) is 5.44. The Morgan fingerprint density at radius 1 is 1.33 bits per heavy atom. The molecule has 0 aromatic heterocycles. The molecule has 98 valence electrons. The topological polar surface area (TPSA) is 72.2 Å². The van der Waals surface area contributed by atoms with E-state index in [1.807, 2.05) is 13.0 Å². The van der Waals surface area contributed by atoms with Gasteiger partial charge in [0.15, 0.2) is 0 Å². The average Bonchev–Trinajstić information content (AvgIpc) is 2.12. The molecule has 3 N–H and O–H groups in total. The molecule has 0 bridgehead atoms. The van der Waals surface area contributed by atoms with Gasteiger partial charge in [-0.2, -0.15) is 0 Å². The Labute approximate surface area is 115 Å². The summed E-state index contributed by atoms with van der Waals surface area (Å²) in [7, 11) is 0. The summed E-state index contributed by atoms with van der Waals surface area (Å²) in [5.74, 6) is -0.656. The Hall–Kier alpha value is -1.36. The Morgan fingerprint density at radius 2 is 1.94 bits per heavy atom. The number of benzene rings is 1. The SMILES string of the molecule is Cc1cc(Br)cc(C(=O)NC(C)(C)CC(N)=O)c1. The van der Waals surface area contributed by atoms with E-state index in [4.69, 9.17) is 5.73 Å². The van der Waals surface area contributed by atoms with E-state index in [2.05, 4.69) is 21.2 Å². The minimum absolute atomic E-state index is 0.103. The fraction of sp³-hybridized carbons (Fsp3) is 0.385. The maximum absolute atomic E-state index is 12.1. The molecule has 0 radical (unpaired) electrons. The maximum atomic E-state index is 12.1. The van der Waals surface area contributed by atoms with Crippen LogP contribution in [0.3, 0.4) is 0 Å². The molecule has 1 rings (SSSR count). The Kier molecular flexibility index (Phi) is 4.51. The number of carbonyl (C=O) groups excluding carboxylic acids is 2. The minimum Gasteiger partial charge on any atom is -0.370 e. The van der Waals surface area contributed by atoms with Crippen molar-refractivity contribution in [2.45, 2.75) is 32.7 Å². The van der Waals surface area contributed by atoms with Crippen molar-refractivity contribution in [2.24, 2.45) is 5.73 Å². The summed E-state index contributed by atoms with van der Waals surface area (Å²) in [5.41, 5.74) is 6.03. The first kappa shape index (κ1) is 14.7. The highest BCUT2D eigenvalue weighted by atomic mass is 79.9. The van der Waals surface area contributed by atoms with Gasteiger partial charge in [0.25, 0.3) is 5.91 Å². The van der Waals surface area contributed by atoms with Gasteiger partial charge in [-0.05, 0) is 44.5 Å². The molecule has 0 aliphatic carbocycles. The second-order valence-corrected chi connectivity index (χ2v) is 5.91. The van der Waals surface area contributed by atoms with E-state index in [9.17, 15) is 9.59 Å². The van der Waals surface area contributed by atoms with Crippen LogP contribution < -0.4 is 11.1 Å². The summed E-state index contributed by atoms with van der Waals surface area (Å²) in [5, 5.41) is 2.80. The minimum atomic E-state index is -0.654. The number of amides is 2. The molecular weight excluding hydrogens is 296 g/mol. The van der Waals surface area contributed by atoms with Gasteiger partial charge in [-0.3, -0.25) is 9.59 Å². The Bertz CT molecular complexity index is 464. The molecule has 0 saturated heterocycles. The molecule has 0 spiro atoms.